The van der Waals surface area contributed by atoms with E-state index < -0.39 is 10.0 Å². The summed E-state index contributed by atoms with van der Waals surface area (Å²) < 4.78 is 32.3. The lowest BCUT2D eigenvalue weighted by atomic mass is 10.1. The van der Waals surface area contributed by atoms with Gasteiger partial charge in [-0.1, -0.05) is 13.8 Å². The minimum atomic E-state index is -3.46. The first-order valence-electron chi connectivity index (χ1n) is 6.60. The third kappa shape index (κ3) is 4.97. The molecule has 1 aromatic rings. The third-order valence-electron chi connectivity index (χ3n) is 2.81. The Labute approximate surface area is 115 Å². The van der Waals surface area contributed by atoms with Crippen LogP contribution in [0.1, 0.15) is 38.2 Å². The predicted molar refractivity (Wildman–Crippen MR) is 75.5 cm³/mol. The van der Waals surface area contributed by atoms with Crippen LogP contribution >= 0.6 is 0 Å². The van der Waals surface area contributed by atoms with E-state index in [1.807, 2.05) is 0 Å². The number of rotatable bonds is 8. The number of hydrogen-bond donors (Lipinski definition) is 2. The van der Waals surface area contributed by atoms with Gasteiger partial charge in [0.05, 0.1) is 6.54 Å². The first kappa shape index (κ1) is 16.2. The van der Waals surface area contributed by atoms with Crippen LogP contribution in [-0.2, 0) is 16.6 Å². The fourth-order valence-corrected chi connectivity index (χ4v) is 3.12. The molecule has 110 valence electrons. The standard InChI is InChI=1S/C13H24N2O3S/c1-10(2)6-5-7-15-19(16,17)13-8-12(9-14-4)18-11(13)3/h8,10,14-15H,5-7,9H2,1-4H3. The molecule has 0 saturated carbocycles. The number of sulfonamides is 1. The summed E-state index contributed by atoms with van der Waals surface area (Å²) >= 11 is 0. The molecule has 0 fully saturated rings. The average molecular weight is 288 g/mol. The van der Waals surface area contributed by atoms with Crippen molar-refractivity contribution in [3.63, 3.8) is 0 Å². The number of aryl methyl sites for hydroxylation is 1. The lowest BCUT2D eigenvalue weighted by molar-refractivity contribution is 0.465. The fraction of sp³-hybridized carbons (Fsp3) is 0.692. The van der Waals surface area contributed by atoms with Crippen molar-refractivity contribution < 1.29 is 12.8 Å². The maximum atomic E-state index is 12.1. The molecular formula is C13H24N2O3S. The van der Waals surface area contributed by atoms with Crippen LogP contribution in [0.15, 0.2) is 15.4 Å². The van der Waals surface area contributed by atoms with E-state index in [-0.39, 0.29) is 4.90 Å². The van der Waals surface area contributed by atoms with E-state index in [1.165, 1.54) is 0 Å². The molecule has 0 aliphatic carbocycles. The van der Waals surface area contributed by atoms with Crippen LogP contribution in [0.4, 0.5) is 0 Å². The second-order valence-electron chi connectivity index (χ2n) is 5.10. The van der Waals surface area contributed by atoms with E-state index in [0.717, 1.165) is 12.8 Å². The monoisotopic (exact) mass is 288 g/mol. The number of nitrogens with one attached hydrogen (secondary N) is 2. The van der Waals surface area contributed by atoms with E-state index in [1.54, 1.807) is 20.0 Å². The van der Waals surface area contributed by atoms with Gasteiger partial charge in [-0.05, 0) is 32.7 Å². The molecule has 0 saturated heterocycles. The lowest BCUT2D eigenvalue weighted by Gasteiger charge is -2.06. The molecule has 0 aromatic carbocycles. The fourth-order valence-electron chi connectivity index (χ4n) is 1.85. The van der Waals surface area contributed by atoms with Gasteiger partial charge in [-0.3, -0.25) is 0 Å². The van der Waals surface area contributed by atoms with Crippen molar-refractivity contribution in [2.45, 2.75) is 45.1 Å². The zero-order valence-electron chi connectivity index (χ0n) is 12.1. The van der Waals surface area contributed by atoms with Crippen LogP contribution in [0.2, 0.25) is 0 Å². The van der Waals surface area contributed by atoms with Crippen LogP contribution < -0.4 is 10.0 Å². The molecule has 19 heavy (non-hydrogen) atoms. The second-order valence-corrected chi connectivity index (χ2v) is 6.83. The smallest absolute Gasteiger partial charge is 0.244 e. The van der Waals surface area contributed by atoms with Gasteiger partial charge >= 0.3 is 0 Å². The van der Waals surface area contributed by atoms with Gasteiger partial charge in [-0.25, -0.2) is 13.1 Å². The average Bonchev–Trinajstić information content (AvgIpc) is 2.67. The van der Waals surface area contributed by atoms with Crippen LogP contribution in [-0.4, -0.2) is 22.0 Å². The van der Waals surface area contributed by atoms with E-state index in [0.29, 0.717) is 30.5 Å². The largest absolute Gasteiger partial charge is 0.464 e. The molecule has 2 N–H and O–H groups in total. The van der Waals surface area contributed by atoms with Crippen molar-refractivity contribution in [1.29, 1.82) is 0 Å². The van der Waals surface area contributed by atoms with Crippen molar-refractivity contribution in [1.82, 2.24) is 10.0 Å². The lowest BCUT2D eigenvalue weighted by Crippen LogP contribution is -2.25. The number of hydrogen-bond acceptors (Lipinski definition) is 4. The molecule has 0 aliphatic rings. The molecule has 0 radical (unpaired) electrons. The van der Waals surface area contributed by atoms with Crippen LogP contribution in [0.5, 0.6) is 0 Å². The molecule has 0 aliphatic heterocycles. The Morgan fingerprint density at radius 1 is 1.37 bits per heavy atom. The molecule has 0 atom stereocenters. The second kappa shape index (κ2) is 7.07. The number of furan rings is 1. The van der Waals surface area contributed by atoms with E-state index in [2.05, 4.69) is 23.9 Å². The maximum absolute atomic E-state index is 12.1. The summed E-state index contributed by atoms with van der Waals surface area (Å²) in [6.45, 7) is 6.90. The normalized spacial score (nSPS) is 12.3. The Morgan fingerprint density at radius 3 is 2.63 bits per heavy atom. The molecule has 0 bridgehead atoms. The van der Waals surface area contributed by atoms with Gasteiger partial charge in [0.2, 0.25) is 10.0 Å². The molecule has 1 heterocycles. The van der Waals surface area contributed by atoms with Crippen molar-refractivity contribution >= 4 is 10.0 Å². The van der Waals surface area contributed by atoms with E-state index >= 15 is 0 Å². The highest BCUT2D eigenvalue weighted by Crippen LogP contribution is 2.19. The Morgan fingerprint density at radius 2 is 2.05 bits per heavy atom. The highest BCUT2D eigenvalue weighted by molar-refractivity contribution is 7.89. The van der Waals surface area contributed by atoms with Crippen molar-refractivity contribution in [3.05, 3.63) is 17.6 Å². The van der Waals surface area contributed by atoms with Gasteiger partial charge in [0.25, 0.3) is 0 Å². The Balaban J connectivity index is 2.66. The molecular weight excluding hydrogens is 264 g/mol. The predicted octanol–water partition coefficient (Wildman–Crippen LogP) is 2.02. The quantitative estimate of drug-likeness (QED) is 0.718. The van der Waals surface area contributed by atoms with Gasteiger partial charge in [0.1, 0.15) is 16.4 Å². The summed E-state index contributed by atoms with van der Waals surface area (Å²) in [5.41, 5.74) is 0. The summed E-state index contributed by atoms with van der Waals surface area (Å²) in [5.74, 6) is 1.64. The molecule has 0 spiro atoms. The zero-order valence-corrected chi connectivity index (χ0v) is 12.9. The summed E-state index contributed by atoms with van der Waals surface area (Å²) in [5, 5.41) is 2.93. The Kier molecular flexibility index (Phi) is 6.03. The highest BCUT2D eigenvalue weighted by atomic mass is 32.2. The Bertz CT molecular complexity index is 492. The molecule has 5 nitrogen and oxygen atoms in total. The van der Waals surface area contributed by atoms with Crippen molar-refractivity contribution in [2.75, 3.05) is 13.6 Å². The van der Waals surface area contributed by atoms with Crippen LogP contribution in [0.25, 0.3) is 0 Å². The summed E-state index contributed by atoms with van der Waals surface area (Å²) in [6, 6.07) is 1.58. The van der Waals surface area contributed by atoms with Crippen molar-refractivity contribution in [2.24, 2.45) is 5.92 Å². The summed E-state index contributed by atoms with van der Waals surface area (Å²) in [7, 11) is -1.67. The molecule has 0 amide bonds. The molecule has 0 unspecified atom stereocenters. The SMILES string of the molecule is CNCc1cc(S(=O)(=O)NCCCC(C)C)c(C)o1. The highest BCUT2D eigenvalue weighted by Gasteiger charge is 2.20. The summed E-state index contributed by atoms with van der Waals surface area (Å²) in [6.07, 6.45) is 1.86. The van der Waals surface area contributed by atoms with Gasteiger partial charge < -0.3 is 9.73 Å². The molecule has 6 heteroatoms. The molecule has 1 aromatic heterocycles. The van der Waals surface area contributed by atoms with Gasteiger partial charge in [-0.15, -0.1) is 0 Å². The van der Waals surface area contributed by atoms with E-state index in [4.69, 9.17) is 4.42 Å². The zero-order chi connectivity index (χ0) is 14.5. The Hall–Kier alpha value is -0.850. The minimum absolute atomic E-state index is 0.238. The van der Waals surface area contributed by atoms with Gasteiger partial charge in [-0.2, -0.15) is 0 Å². The third-order valence-corrected chi connectivity index (χ3v) is 4.38. The van der Waals surface area contributed by atoms with Crippen LogP contribution in [0.3, 0.4) is 0 Å². The van der Waals surface area contributed by atoms with Gasteiger partial charge in [0, 0.05) is 12.6 Å². The minimum Gasteiger partial charge on any atom is -0.464 e. The summed E-state index contributed by atoms with van der Waals surface area (Å²) in [4.78, 5) is 0.238. The molecule has 1 rings (SSSR count). The van der Waals surface area contributed by atoms with Crippen LogP contribution in [0, 0.1) is 12.8 Å². The van der Waals surface area contributed by atoms with E-state index in [9.17, 15) is 8.42 Å². The van der Waals surface area contributed by atoms with Gasteiger partial charge in [0.15, 0.2) is 0 Å². The van der Waals surface area contributed by atoms with Crippen molar-refractivity contribution in [3.8, 4) is 0 Å². The first-order valence-corrected chi connectivity index (χ1v) is 8.08. The first-order chi connectivity index (χ1) is 8.86. The topological polar surface area (TPSA) is 71.3 Å². The maximum Gasteiger partial charge on any atom is 0.244 e.